The van der Waals surface area contributed by atoms with Crippen molar-refractivity contribution in [3.05, 3.63) is 23.8 Å². The third-order valence-electron chi connectivity index (χ3n) is 3.75. The van der Waals surface area contributed by atoms with E-state index in [0.29, 0.717) is 11.6 Å². The molecule has 2 rings (SSSR count). The maximum atomic E-state index is 12.2. The molecule has 0 bridgehead atoms. The first-order valence-corrected chi connectivity index (χ1v) is 6.98. The summed E-state index contributed by atoms with van der Waals surface area (Å²) in [7, 11) is 1.40. The average molecular weight is 292 g/mol. The number of carbonyl (C=O) groups excluding carboxylic acids is 1. The van der Waals surface area contributed by atoms with Crippen molar-refractivity contribution >= 4 is 17.7 Å². The SMILES string of the molecule is COc1cc(NC(=O)N2CCC(C)CC2)ccc1C(=O)O. The molecule has 0 radical (unpaired) electrons. The number of anilines is 1. The lowest BCUT2D eigenvalue weighted by atomic mass is 10.00. The lowest BCUT2D eigenvalue weighted by molar-refractivity contribution is 0.0693. The molecule has 6 heteroatoms. The summed E-state index contributed by atoms with van der Waals surface area (Å²) in [5.41, 5.74) is 0.600. The minimum atomic E-state index is -1.06. The van der Waals surface area contributed by atoms with Gasteiger partial charge < -0.3 is 20.1 Å². The summed E-state index contributed by atoms with van der Waals surface area (Å²) in [6.07, 6.45) is 2.02. The maximum absolute atomic E-state index is 12.2. The zero-order valence-electron chi connectivity index (χ0n) is 12.3. The second-order valence-corrected chi connectivity index (χ2v) is 5.32. The van der Waals surface area contributed by atoms with Gasteiger partial charge in [-0.25, -0.2) is 9.59 Å². The molecule has 2 amide bonds. The molecule has 0 unspecified atom stereocenters. The molecule has 114 valence electrons. The summed E-state index contributed by atoms with van der Waals surface area (Å²) in [5, 5.41) is 11.8. The van der Waals surface area contributed by atoms with Gasteiger partial charge in [-0.15, -0.1) is 0 Å². The van der Waals surface area contributed by atoms with Crippen LogP contribution < -0.4 is 10.1 Å². The van der Waals surface area contributed by atoms with Gasteiger partial charge in [-0.05, 0) is 30.9 Å². The number of methoxy groups -OCH3 is 1. The molecule has 1 saturated heterocycles. The monoisotopic (exact) mass is 292 g/mol. The molecule has 1 fully saturated rings. The number of benzene rings is 1. The van der Waals surface area contributed by atoms with Gasteiger partial charge in [0.15, 0.2) is 0 Å². The fraction of sp³-hybridized carbons (Fsp3) is 0.467. The number of carboxylic acid groups (broad SMARTS) is 1. The Kier molecular flexibility index (Phi) is 4.67. The Balaban J connectivity index is 2.05. The van der Waals surface area contributed by atoms with E-state index in [1.54, 1.807) is 11.0 Å². The molecule has 1 aliphatic heterocycles. The maximum Gasteiger partial charge on any atom is 0.339 e. The van der Waals surface area contributed by atoms with E-state index in [1.807, 2.05) is 0 Å². The van der Waals surface area contributed by atoms with E-state index in [9.17, 15) is 9.59 Å². The quantitative estimate of drug-likeness (QED) is 0.897. The van der Waals surface area contributed by atoms with Crippen LogP contribution in [0.25, 0.3) is 0 Å². The zero-order valence-corrected chi connectivity index (χ0v) is 12.3. The summed E-state index contributed by atoms with van der Waals surface area (Å²) in [6.45, 7) is 3.68. The molecule has 2 N–H and O–H groups in total. The first-order valence-electron chi connectivity index (χ1n) is 6.98. The second kappa shape index (κ2) is 6.47. The molecule has 6 nitrogen and oxygen atoms in total. The number of carbonyl (C=O) groups is 2. The van der Waals surface area contributed by atoms with Crippen LogP contribution in [0.4, 0.5) is 10.5 Å². The number of ether oxygens (including phenoxy) is 1. The van der Waals surface area contributed by atoms with Gasteiger partial charge in [-0.3, -0.25) is 0 Å². The Labute approximate surface area is 123 Å². The van der Waals surface area contributed by atoms with Crippen LogP contribution in [0.5, 0.6) is 5.75 Å². The topological polar surface area (TPSA) is 78.9 Å². The molecule has 1 aliphatic rings. The van der Waals surface area contributed by atoms with Gasteiger partial charge in [0.1, 0.15) is 11.3 Å². The first kappa shape index (κ1) is 15.2. The van der Waals surface area contributed by atoms with Crippen molar-refractivity contribution < 1.29 is 19.4 Å². The van der Waals surface area contributed by atoms with E-state index in [1.165, 1.54) is 19.2 Å². The third-order valence-corrected chi connectivity index (χ3v) is 3.75. The largest absolute Gasteiger partial charge is 0.496 e. The van der Waals surface area contributed by atoms with Crippen molar-refractivity contribution in [2.24, 2.45) is 5.92 Å². The number of carboxylic acids is 1. The lowest BCUT2D eigenvalue weighted by Gasteiger charge is -2.30. The Morgan fingerprint density at radius 3 is 2.57 bits per heavy atom. The Bertz CT molecular complexity index is 536. The lowest BCUT2D eigenvalue weighted by Crippen LogP contribution is -2.40. The third kappa shape index (κ3) is 3.65. The van der Waals surface area contributed by atoms with E-state index in [4.69, 9.17) is 9.84 Å². The normalized spacial score (nSPS) is 15.6. The first-order chi connectivity index (χ1) is 10.0. The minimum Gasteiger partial charge on any atom is -0.496 e. The molecule has 1 aromatic rings. The minimum absolute atomic E-state index is 0.0716. The summed E-state index contributed by atoms with van der Waals surface area (Å²) < 4.78 is 5.04. The van der Waals surface area contributed by atoms with Gasteiger partial charge in [0, 0.05) is 24.8 Å². The molecule has 0 atom stereocenters. The zero-order chi connectivity index (χ0) is 15.4. The van der Waals surface area contributed by atoms with Gasteiger partial charge in [-0.1, -0.05) is 6.92 Å². The highest BCUT2D eigenvalue weighted by Crippen LogP contribution is 2.24. The molecule has 21 heavy (non-hydrogen) atoms. The summed E-state index contributed by atoms with van der Waals surface area (Å²) >= 11 is 0. The van der Waals surface area contributed by atoms with Crippen molar-refractivity contribution in [1.29, 1.82) is 0 Å². The van der Waals surface area contributed by atoms with E-state index in [-0.39, 0.29) is 17.3 Å². The average Bonchev–Trinajstić information content (AvgIpc) is 2.47. The van der Waals surface area contributed by atoms with Crippen LogP contribution in [0.3, 0.4) is 0 Å². The highest BCUT2D eigenvalue weighted by molar-refractivity contribution is 5.94. The molecule has 0 spiro atoms. The standard InChI is InChI=1S/C15H20N2O4/c1-10-5-7-17(8-6-10)15(20)16-11-3-4-12(14(18)19)13(9-11)21-2/h3-4,9-10H,5-8H2,1-2H3,(H,16,20)(H,18,19). The summed E-state index contributed by atoms with van der Waals surface area (Å²) in [4.78, 5) is 24.9. The summed E-state index contributed by atoms with van der Waals surface area (Å²) in [5.74, 6) is -0.175. The molecule has 0 saturated carbocycles. The highest BCUT2D eigenvalue weighted by Gasteiger charge is 2.20. The predicted octanol–water partition coefficient (Wildman–Crippen LogP) is 2.66. The fourth-order valence-electron chi connectivity index (χ4n) is 2.36. The van der Waals surface area contributed by atoms with Crippen LogP contribution in [0, 0.1) is 5.92 Å². The van der Waals surface area contributed by atoms with Crippen molar-refractivity contribution in [3.63, 3.8) is 0 Å². The number of nitrogens with zero attached hydrogens (tertiary/aromatic N) is 1. The van der Waals surface area contributed by atoms with Crippen molar-refractivity contribution in [2.75, 3.05) is 25.5 Å². The van der Waals surface area contributed by atoms with Gasteiger partial charge in [0.05, 0.1) is 7.11 Å². The number of amides is 2. The second-order valence-electron chi connectivity index (χ2n) is 5.32. The van der Waals surface area contributed by atoms with Gasteiger partial charge in [0.2, 0.25) is 0 Å². The number of rotatable bonds is 3. The van der Waals surface area contributed by atoms with Crippen molar-refractivity contribution in [2.45, 2.75) is 19.8 Å². The number of likely N-dealkylation sites (tertiary alicyclic amines) is 1. The van der Waals surface area contributed by atoms with E-state index < -0.39 is 5.97 Å². The van der Waals surface area contributed by atoms with Gasteiger partial charge in [0.25, 0.3) is 0 Å². The molecule has 1 heterocycles. The molecule has 0 aliphatic carbocycles. The molecule has 1 aromatic carbocycles. The van der Waals surface area contributed by atoms with E-state index >= 15 is 0 Å². The van der Waals surface area contributed by atoms with Crippen molar-refractivity contribution in [3.8, 4) is 5.75 Å². The molecular weight excluding hydrogens is 272 g/mol. The highest BCUT2D eigenvalue weighted by atomic mass is 16.5. The number of hydrogen-bond acceptors (Lipinski definition) is 3. The summed E-state index contributed by atoms with van der Waals surface area (Å²) in [6, 6.07) is 4.35. The van der Waals surface area contributed by atoms with Crippen LogP contribution in [0.1, 0.15) is 30.1 Å². The number of piperidine rings is 1. The molecule has 0 aromatic heterocycles. The van der Waals surface area contributed by atoms with Gasteiger partial charge in [-0.2, -0.15) is 0 Å². The fourth-order valence-corrected chi connectivity index (χ4v) is 2.36. The number of nitrogens with one attached hydrogen (secondary N) is 1. The van der Waals surface area contributed by atoms with E-state index in [2.05, 4.69) is 12.2 Å². The Morgan fingerprint density at radius 1 is 1.33 bits per heavy atom. The smallest absolute Gasteiger partial charge is 0.339 e. The predicted molar refractivity (Wildman–Crippen MR) is 78.9 cm³/mol. The number of aromatic carboxylic acids is 1. The van der Waals surface area contributed by atoms with E-state index in [0.717, 1.165) is 25.9 Å². The Morgan fingerprint density at radius 2 is 2.00 bits per heavy atom. The van der Waals surface area contributed by atoms with Crippen LogP contribution >= 0.6 is 0 Å². The van der Waals surface area contributed by atoms with Crippen molar-refractivity contribution in [1.82, 2.24) is 4.90 Å². The Hall–Kier alpha value is -2.24. The van der Waals surface area contributed by atoms with Crippen LogP contribution in [-0.4, -0.2) is 42.2 Å². The number of hydrogen-bond donors (Lipinski definition) is 2. The number of urea groups is 1. The van der Waals surface area contributed by atoms with Crippen LogP contribution in [-0.2, 0) is 0 Å². The van der Waals surface area contributed by atoms with Crippen LogP contribution in [0.15, 0.2) is 18.2 Å². The van der Waals surface area contributed by atoms with Crippen LogP contribution in [0.2, 0.25) is 0 Å². The molecular formula is C15H20N2O4. The van der Waals surface area contributed by atoms with Gasteiger partial charge >= 0.3 is 12.0 Å².